The monoisotopic (exact) mass is 362 g/mol. The highest BCUT2D eigenvalue weighted by Crippen LogP contribution is 2.18. The Morgan fingerprint density at radius 1 is 1.08 bits per heavy atom. The summed E-state index contributed by atoms with van der Waals surface area (Å²) in [6, 6.07) is 16.9. The van der Waals surface area contributed by atoms with Gasteiger partial charge in [-0.05, 0) is 29.8 Å². The largest absolute Gasteiger partial charge is 0.331 e. The number of halogens is 1. The molecule has 0 saturated carbocycles. The Balaban J connectivity index is 1.52. The summed E-state index contributed by atoms with van der Waals surface area (Å²) < 4.78 is 1.89. The molecule has 128 valence electrons. The van der Waals surface area contributed by atoms with Crippen LogP contribution in [0.4, 0.5) is 5.82 Å². The number of para-hydroxylation sites is 1. The van der Waals surface area contributed by atoms with Crippen LogP contribution >= 0.6 is 11.6 Å². The van der Waals surface area contributed by atoms with E-state index in [9.17, 15) is 4.79 Å². The predicted octanol–water partition coefficient (Wildman–Crippen LogP) is 4.39. The number of rotatable bonds is 4. The molecule has 0 spiro atoms. The first-order valence-electron chi connectivity index (χ1n) is 8.10. The standard InChI is InChI=1S/C20H15ClN4O/c21-15-5-3-4-14(10-15)11-25-12-19(23-13-25)24-20(26)17-8-9-22-18-7-2-1-6-16(17)18/h1-10,12-13H,11H2,(H,24,26). The van der Waals surface area contributed by atoms with E-state index in [4.69, 9.17) is 11.6 Å². The summed E-state index contributed by atoms with van der Waals surface area (Å²) in [6.45, 7) is 0.627. The van der Waals surface area contributed by atoms with Crippen LogP contribution in [0, 0.1) is 0 Å². The maximum absolute atomic E-state index is 12.6. The lowest BCUT2D eigenvalue weighted by atomic mass is 10.1. The van der Waals surface area contributed by atoms with Crippen molar-refractivity contribution >= 4 is 34.2 Å². The Kier molecular flexibility index (Phi) is 4.37. The highest BCUT2D eigenvalue weighted by Gasteiger charge is 2.12. The van der Waals surface area contributed by atoms with E-state index in [1.165, 1.54) is 0 Å². The Labute approximate surface area is 155 Å². The third-order valence-electron chi connectivity index (χ3n) is 4.02. The quantitative estimate of drug-likeness (QED) is 0.586. The minimum Gasteiger partial charge on any atom is -0.331 e. The lowest BCUT2D eigenvalue weighted by Gasteiger charge is -2.06. The van der Waals surface area contributed by atoms with Crippen LogP contribution in [-0.4, -0.2) is 20.4 Å². The molecule has 0 atom stereocenters. The first kappa shape index (κ1) is 16.3. The zero-order valence-corrected chi connectivity index (χ0v) is 14.5. The molecule has 0 unspecified atom stereocenters. The molecule has 0 bridgehead atoms. The minimum absolute atomic E-state index is 0.211. The number of nitrogens with zero attached hydrogens (tertiary/aromatic N) is 3. The van der Waals surface area contributed by atoms with Gasteiger partial charge in [-0.25, -0.2) is 4.98 Å². The van der Waals surface area contributed by atoms with E-state index in [0.29, 0.717) is 22.9 Å². The van der Waals surface area contributed by atoms with Crippen molar-refractivity contribution < 1.29 is 4.79 Å². The van der Waals surface area contributed by atoms with Crippen molar-refractivity contribution in [3.05, 3.63) is 89.5 Å². The molecule has 0 aliphatic carbocycles. The average molecular weight is 363 g/mol. The van der Waals surface area contributed by atoms with Gasteiger partial charge in [0, 0.05) is 29.3 Å². The number of hydrogen-bond acceptors (Lipinski definition) is 3. The van der Waals surface area contributed by atoms with Crippen LogP contribution in [0.25, 0.3) is 10.9 Å². The highest BCUT2D eigenvalue weighted by molar-refractivity contribution is 6.30. The van der Waals surface area contributed by atoms with Crippen LogP contribution in [0.1, 0.15) is 15.9 Å². The van der Waals surface area contributed by atoms with Crippen LogP contribution in [0.15, 0.2) is 73.3 Å². The Hall–Kier alpha value is -3.18. The normalized spacial score (nSPS) is 10.8. The van der Waals surface area contributed by atoms with Gasteiger partial charge < -0.3 is 9.88 Å². The fourth-order valence-electron chi connectivity index (χ4n) is 2.83. The smallest absolute Gasteiger partial charge is 0.257 e. The predicted molar refractivity (Wildman–Crippen MR) is 102 cm³/mol. The number of nitrogens with one attached hydrogen (secondary N) is 1. The molecule has 4 rings (SSSR count). The number of pyridine rings is 1. The molecular formula is C20H15ClN4O. The Morgan fingerprint density at radius 3 is 2.85 bits per heavy atom. The van der Waals surface area contributed by atoms with Crippen LogP contribution in [0.5, 0.6) is 0 Å². The number of amides is 1. The molecule has 0 aliphatic heterocycles. The molecule has 0 saturated heterocycles. The van der Waals surface area contributed by atoms with E-state index >= 15 is 0 Å². The summed E-state index contributed by atoms with van der Waals surface area (Å²) in [7, 11) is 0. The lowest BCUT2D eigenvalue weighted by molar-refractivity contribution is 0.102. The van der Waals surface area contributed by atoms with Crippen molar-refractivity contribution in [1.29, 1.82) is 0 Å². The van der Waals surface area contributed by atoms with E-state index in [0.717, 1.165) is 16.5 Å². The summed E-state index contributed by atoms with van der Waals surface area (Å²) in [4.78, 5) is 21.2. The van der Waals surface area contributed by atoms with E-state index < -0.39 is 0 Å². The van der Waals surface area contributed by atoms with Crippen molar-refractivity contribution in [2.75, 3.05) is 5.32 Å². The van der Waals surface area contributed by atoms with Gasteiger partial charge in [0.1, 0.15) is 0 Å². The SMILES string of the molecule is O=C(Nc1cn(Cc2cccc(Cl)c2)cn1)c1ccnc2ccccc12. The fourth-order valence-corrected chi connectivity index (χ4v) is 3.05. The van der Waals surface area contributed by atoms with E-state index in [1.807, 2.05) is 53.1 Å². The number of hydrogen-bond donors (Lipinski definition) is 1. The minimum atomic E-state index is -0.211. The number of fused-ring (bicyclic) bond motifs is 1. The summed E-state index contributed by atoms with van der Waals surface area (Å²) in [5.41, 5.74) is 2.42. The van der Waals surface area contributed by atoms with E-state index in [-0.39, 0.29) is 5.91 Å². The van der Waals surface area contributed by atoms with Crippen molar-refractivity contribution in [1.82, 2.24) is 14.5 Å². The molecule has 26 heavy (non-hydrogen) atoms. The molecule has 2 aromatic carbocycles. The van der Waals surface area contributed by atoms with Gasteiger partial charge >= 0.3 is 0 Å². The first-order valence-corrected chi connectivity index (χ1v) is 8.48. The lowest BCUT2D eigenvalue weighted by Crippen LogP contribution is -2.12. The molecule has 0 aliphatic rings. The van der Waals surface area contributed by atoms with Crippen molar-refractivity contribution in [3.63, 3.8) is 0 Å². The van der Waals surface area contributed by atoms with Crippen molar-refractivity contribution in [2.45, 2.75) is 6.54 Å². The summed E-state index contributed by atoms with van der Waals surface area (Å²) >= 11 is 6.01. The maximum Gasteiger partial charge on any atom is 0.257 e. The third kappa shape index (κ3) is 3.43. The topological polar surface area (TPSA) is 59.8 Å². The Morgan fingerprint density at radius 2 is 1.96 bits per heavy atom. The second kappa shape index (κ2) is 6.98. The zero-order valence-electron chi connectivity index (χ0n) is 13.8. The number of anilines is 1. The van der Waals surface area contributed by atoms with Gasteiger partial charge in [-0.15, -0.1) is 0 Å². The summed E-state index contributed by atoms with van der Waals surface area (Å²) in [5, 5.41) is 4.35. The molecule has 0 radical (unpaired) electrons. The van der Waals surface area contributed by atoms with Crippen molar-refractivity contribution in [3.8, 4) is 0 Å². The van der Waals surface area contributed by atoms with E-state index in [1.54, 1.807) is 24.8 Å². The zero-order chi connectivity index (χ0) is 17.9. The first-order chi connectivity index (χ1) is 12.7. The second-order valence-corrected chi connectivity index (χ2v) is 6.33. The second-order valence-electron chi connectivity index (χ2n) is 5.89. The molecule has 1 amide bonds. The number of benzene rings is 2. The van der Waals surface area contributed by atoms with Gasteiger partial charge in [0.15, 0.2) is 5.82 Å². The van der Waals surface area contributed by atoms with Crippen LogP contribution < -0.4 is 5.32 Å². The summed E-state index contributed by atoms with van der Waals surface area (Å²) in [5.74, 6) is 0.287. The molecule has 2 heterocycles. The highest BCUT2D eigenvalue weighted by atomic mass is 35.5. The van der Waals surface area contributed by atoms with Crippen LogP contribution in [0.2, 0.25) is 5.02 Å². The van der Waals surface area contributed by atoms with Gasteiger partial charge in [0.25, 0.3) is 5.91 Å². The van der Waals surface area contributed by atoms with Gasteiger partial charge in [-0.1, -0.05) is 41.9 Å². The van der Waals surface area contributed by atoms with Gasteiger partial charge in [-0.2, -0.15) is 0 Å². The van der Waals surface area contributed by atoms with Crippen LogP contribution in [0.3, 0.4) is 0 Å². The molecule has 6 heteroatoms. The number of aromatic nitrogens is 3. The number of imidazole rings is 1. The molecule has 2 aromatic heterocycles. The summed E-state index contributed by atoms with van der Waals surface area (Å²) in [6.07, 6.45) is 5.11. The molecular weight excluding hydrogens is 348 g/mol. The van der Waals surface area contributed by atoms with Crippen molar-refractivity contribution in [2.24, 2.45) is 0 Å². The fraction of sp³-hybridized carbons (Fsp3) is 0.0500. The molecule has 5 nitrogen and oxygen atoms in total. The third-order valence-corrected chi connectivity index (χ3v) is 4.26. The number of carbonyl (C=O) groups excluding carboxylic acids is 1. The van der Waals surface area contributed by atoms with E-state index in [2.05, 4.69) is 15.3 Å². The Bertz CT molecular complexity index is 1080. The van der Waals surface area contributed by atoms with Gasteiger partial charge in [0.2, 0.25) is 0 Å². The molecule has 0 fully saturated rings. The molecule has 1 N–H and O–H groups in total. The molecule has 4 aromatic rings. The van der Waals surface area contributed by atoms with Gasteiger partial charge in [0.05, 0.1) is 17.4 Å². The maximum atomic E-state index is 12.6. The van der Waals surface area contributed by atoms with Crippen LogP contribution in [-0.2, 0) is 6.54 Å². The number of carbonyl (C=O) groups is 1. The average Bonchev–Trinajstić information content (AvgIpc) is 3.08. The van der Waals surface area contributed by atoms with Gasteiger partial charge in [-0.3, -0.25) is 9.78 Å².